The highest BCUT2D eigenvalue weighted by Crippen LogP contribution is 2.23. The van der Waals surface area contributed by atoms with Crippen molar-refractivity contribution in [2.24, 2.45) is 11.3 Å². The number of hydrogen-bond donors (Lipinski definition) is 1. The highest BCUT2D eigenvalue weighted by molar-refractivity contribution is 6.19. The normalized spacial score (nSPS) is 17.7. The van der Waals surface area contributed by atoms with Gasteiger partial charge in [-0.05, 0) is 26.7 Å². The van der Waals surface area contributed by atoms with Gasteiger partial charge in [0.15, 0.2) is 0 Å². The molecule has 1 rings (SSSR count). The predicted molar refractivity (Wildman–Crippen MR) is 77.1 cm³/mol. The standard InChI is InChI=1S/C14H25ClN2O2/c1-10(2)12(18)16-11-5-7-17(8-6-11)13(19)14(3,4)9-15/h10-11H,5-9H2,1-4H3,(H,16,18). The van der Waals surface area contributed by atoms with Crippen molar-refractivity contribution >= 4 is 23.4 Å². The molecule has 0 saturated carbocycles. The molecule has 110 valence electrons. The molecule has 0 bridgehead atoms. The summed E-state index contributed by atoms with van der Waals surface area (Å²) in [6, 6.07) is 0.193. The molecule has 0 aromatic carbocycles. The fourth-order valence-electron chi connectivity index (χ4n) is 2.08. The molecular formula is C14H25ClN2O2. The van der Waals surface area contributed by atoms with Gasteiger partial charge in [0.2, 0.25) is 11.8 Å². The van der Waals surface area contributed by atoms with Gasteiger partial charge in [-0.2, -0.15) is 0 Å². The topological polar surface area (TPSA) is 49.4 Å². The number of hydrogen-bond acceptors (Lipinski definition) is 2. The number of piperidine rings is 1. The Kier molecular flexibility index (Phi) is 5.65. The minimum atomic E-state index is -0.504. The van der Waals surface area contributed by atoms with Gasteiger partial charge in [-0.3, -0.25) is 9.59 Å². The Balaban J connectivity index is 2.45. The Morgan fingerprint density at radius 2 is 1.84 bits per heavy atom. The average molecular weight is 289 g/mol. The largest absolute Gasteiger partial charge is 0.353 e. The molecule has 0 aromatic rings. The number of amides is 2. The summed E-state index contributed by atoms with van der Waals surface area (Å²) < 4.78 is 0. The molecule has 0 aliphatic carbocycles. The van der Waals surface area contributed by atoms with Gasteiger partial charge < -0.3 is 10.2 Å². The molecule has 1 aliphatic rings. The van der Waals surface area contributed by atoms with E-state index in [-0.39, 0.29) is 23.8 Å². The zero-order valence-corrected chi connectivity index (χ0v) is 13.1. The van der Waals surface area contributed by atoms with E-state index in [0.717, 1.165) is 12.8 Å². The zero-order chi connectivity index (χ0) is 14.6. The minimum absolute atomic E-state index is 0.00911. The van der Waals surface area contributed by atoms with E-state index in [1.54, 1.807) is 0 Å². The maximum absolute atomic E-state index is 12.2. The van der Waals surface area contributed by atoms with Gasteiger partial charge in [0, 0.05) is 30.9 Å². The quantitative estimate of drug-likeness (QED) is 0.805. The number of rotatable bonds is 4. The lowest BCUT2D eigenvalue weighted by atomic mass is 9.92. The molecule has 0 atom stereocenters. The molecule has 1 fully saturated rings. The average Bonchev–Trinajstić information content (AvgIpc) is 2.38. The van der Waals surface area contributed by atoms with Crippen LogP contribution in [0.1, 0.15) is 40.5 Å². The van der Waals surface area contributed by atoms with Crippen LogP contribution in [0.2, 0.25) is 0 Å². The summed E-state index contributed by atoms with van der Waals surface area (Å²) in [4.78, 5) is 25.7. The van der Waals surface area contributed by atoms with E-state index in [9.17, 15) is 9.59 Å². The van der Waals surface area contributed by atoms with Gasteiger partial charge in [-0.1, -0.05) is 13.8 Å². The first-order valence-electron chi connectivity index (χ1n) is 6.93. The molecule has 2 amide bonds. The molecule has 0 spiro atoms. The number of carbonyl (C=O) groups excluding carboxylic acids is 2. The first-order chi connectivity index (χ1) is 8.77. The lowest BCUT2D eigenvalue weighted by Gasteiger charge is -2.36. The summed E-state index contributed by atoms with van der Waals surface area (Å²) in [6.07, 6.45) is 1.64. The number of halogens is 1. The van der Waals surface area contributed by atoms with Crippen molar-refractivity contribution in [3.63, 3.8) is 0 Å². The van der Waals surface area contributed by atoms with Gasteiger partial charge in [0.1, 0.15) is 0 Å². The predicted octanol–water partition coefficient (Wildman–Crippen LogP) is 2.01. The maximum atomic E-state index is 12.2. The van der Waals surface area contributed by atoms with Crippen LogP contribution in [0.4, 0.5) is 0 Å². The number of alkyl halides is 1. The molecule has 5 heteroatoms. The summed E-state index contributed by atoms with van der Waals surface area (Å²) in [7, 11) is 0. The van der Waals surface area contributed by atoms with Crippen molar-refractivity contribution in [3.05, 3.63) is 0 Å². The van der Waals surface area contributed by atoms with Crippen molar-refractivity contribution in [2.45, 2.75) is 46.6 Å². The van der Waals surface area contributed by atoms with Gasteiger partial charge in [-0.15, -0.1) is 11.6 Å². The minimum Gasteiger partial charge on any atom is -0.353 e. The summed E-state index contributed by atoms with van der Waals surface area (Å²) in [6.45, 7) is 8.91. The Morgan fingerprint density at radius 3 is 2.26 bits per heavy atom. The highest BCUT2D eigenvalue weighted by Gasteiger charge is 2.33. The molecule has 0 radical (unpaired) electrons. The molecule has 1 N–H and O–H groups in total. The third kappa shape index (κ3) is 4.37. The summed E-state index contributed by atoms with van der Waals surface area (Å²) in [5.74, 6) is 0.535. The van der Waals surface area contributed by atoms with Crippen LogP contribution in [0.15, 0.2) is 0 Å². The van der Waals surface area contributed by atoms with Crippen LogP contribution >= 0.6 is 11.6 Å². The van der Waals surface area contributed by atoms with Crippen LogP contribution in [0, 0.1) is 11.3 Å². The van der Waals surface area contributed by atoms with E-state index >= 15 is 0 Å². The fourth-order valence-corrected chi connectivity index (χ4v) is 2.19. The number of nitrogens with zero attached hydrogens (tertiary/aromatic N) is 1. The molecular weight excluding hydrogens is 264 g/mol. The molecule has 0 aromatic heterocycles. The van der Waals surface area contributed by atoms with E-state index in [1.165, 1.54) is 0 Å². The molecule has 1 saturated heterocycles. The van der Waals surface area contributed by atoms with Crippen molar-refractivity contribution in [1.82, 2.24) is 10.2 Å². The van der Waals surface area contributed by atoms with Gasteiger partial charge in [0.05, 0.1) is 5.41 Å². The van der Waals surface area contributed by atoms with E-state index < -0.39 is 5.41 Å². The number of nitrogens with one attached hydrogen (secondary N) is 1. The smallest absolute Gasteiger partial charge is 0.229 e. The van der Waals surface area contributed by atoms with Crippen LogP contribution in [0.3, 0.4) is 0 Å². The Labute approximate surface area is 120 Å². The van der Waals surface area contributed by atoms with E-state index in [4.69, 9.17) is 11.6 Å². The van der Waals surface area contributed by atoms with E-state index in [0.29, 0.717) is 19.0 Å². The summed E-state index contributed by atoms with van der Waals surface area (Å²) in [5.41, 5.74) is -0.504. The van der Waals surface area contributed by atoms with Crippen LogP contribution in [-0.2, 0) is 9.59 Å². The monoisotopic (exact) mass is 288 g/mol. The van der Waals surface area contributed by atoms with Gasteiger partial charge >= 0.3 is 0 Å². The van der Waals surface area contributed by atoms with Crippen LogP contribution < -0.4 is 5.32 Å². The summed E-state index contributed by atoms with van der Waals surface area (Å²) >= 11 is 5.84. The Hall–Kier alpha value is -0.770. The third-order valence-corrected chi connectivity index (χ3v) is 4.23. The van der Waals surface area contributed by atoms with Crippen molar-refractivity contribution < 1.29 is 9.59 Å². The van der Waals surface area contributed by atoms with Crippen LogP contribution in [0.25, 0.3) is 0 Å². The number of likely N-dealkylation sites (tertiary alicyclic amines) is 1. The Bertz CT molecular complexity index is 334. The Morgan fingerprint density at radius 1 is 1.32 bits per heavy atom. The molecule has 4 nitrogen and oxygen atoms in total. The fraction of sp³-hybridized carbons (Fsp3) is 0.857. The number of carbonyl (C=O) groups is 2. The third-order valence-electron chi connectivity index (χ3n) is 3.57. The molecule has 1 aliphatic heterocycles. The zero-order valence-electron chi connectivity index (χ0n) is 12.3. The van der Waals surface area contributed by atoms with E-state index in [2.05, 4.69) is 5.32 Å². The second kappa shape index (κ2) is 6.60. The molecule has 1 heterocycles. The second-order valence-corrected chi connectivity index (χ2v) is 6.51. The lowest BCUT2D eigenvalue weighted by molar-refractivity contribution is -0.140. The van der Waals surface area contributed by atoms with Gasteiger partial charge in [0.25, 0.3) is 0 Å². The second-order valence-electron chi connectivity index (χ2n) is 6.25. The van der Waals surface area contributed by atoms with Gasteiger partial charge in [-0.25, -0.2) is 0 Å². The van der Waals surface area contributed by atoms with Crippen molar-refractivity contribution in [2.75, 3.05) is 19.0 Å². The summed E-state index contributed by atoms with van der Waals surface area (Å²) in [5, 5.41) is 3.03. The molecule has 19 heavy (non-hydrogen) atoms. The molecule has 0 unspecified atom stereocenters. The first kappa shape index (κ1) is 16.3. The van der Waals surface area contributed by atoms with Crippen molar-refractivity contribution in [3.8, 4) is 0 Å². The first-order valence-corrected chi connectivity index (χ1v) is 7.47. The highest BCUT2D eigenvalue weighted by atomic mass is 35.5. The SMILES string of the molecule is CC(C)C(=O)NC1CCN(C(=O)C(C)(C)CCl)CC1. The van der Waals surface area contributed by atoms with Crippen LogP contribution in [0.5, 0.6) is 0 Å². The lowest BCUT2D eigenvalue weighted by Crippen LogP contribution is -2.50. The maximum Gasteiger partial charge on any atom is 0.229 e. The van der Waals surface area contributed by atoms with Crippen molar-refractivity contribution in [1.29, 1.82) is 0 Å². The van der Waals surface area contributed by atoms with Crippen LogP contribution in [-0.4, -0.2) is 41.7 Å². The van der Waals surface area contributed by atoms with E-state index in [1.807, 2.05) is 32.6 Å².